The van der Waals surface area contributed by atoms with Gasteiger partial charge in [-0.25, -0.2) is 4.79 Å². The van der Waals surface area contributed by atoms with Crippen molar-refractivity contribution in [2.75, 3.05) is 13.1 Å². The molecule has 0 spiro atoms. The summed E-state index contributed by atoms with van der Waals surface area (Å²) in [5, 5.41) is 5.77. The highest BCUT2D eigenvalue weighted by atomic mass is 16.6. The van der Waals surface area contributed by atoms with Gasteiger partial charge in [-0.2, -0.15) is 0 Å². The van der Waals surface area contributed by atoms with Crippen molar-refractivity contribution in [3.63, 3.8) is 0 Å². The number of carbonyl (C=O) groups excluding carboxylic acids is 3. The third-order valence-corrected chi connectivity index (χ3v) is 5.50. The lowest BCUT2D eigenvalue weighted by molar-refractivity contribution is -0.142. The number of amides is 3. The van der Waals surface area contributed by atoms with E-state index in [0.717, 1.165) is 36.0 Å². The van der Waals surface area contributed by atoms with Gasteiger partial charge in [-0.05, 0) is 58.9 Å². The Labute approximate surface area is 218 Å². The van der Waals surface area contributed by atoms with E-state index in [1.807, 2.05) is 45.9 Å². The fourth-order valence-electron chi connectivity index (χ4n) is 4.13. The minimum atomic E-state index is -0.856. The van der Waals surface area contributed by atoms with Crippen molar-refractivity contribution in [2.24, 2.45) is 5.92 Å². The van der Waals surface area contributed by atoms with Crippen molar-refractivity contribution in [3.05, 3.63) is 47.5 Å². The lowest BCUT2D eigenvalue weighted by Gasteiger charge is -2.34. The van der Waals surface area contributed by atoms with Crippen LogP contribution in [-0.4, -0.2) is 47.5 Å². The van der Waals surface area contributed by atoms with Crippen molar-refractivity contribution < 1.29 is 19.1 Å². The highest BCUT2D eigenvalue weighted by molar-refractivity contribution is 5.92. The van der Waals surface area contributed by atoms with Crippen molar-refractivity contribution in [2.45, 2.75) is 98.8 Å². The van der Waals surface area contributed by atoms with Gasteiger partial charge in [-0.3, -0.25) is 9.59 Å². The molecule has 2 atom stereocenters. The Balaban J connectivity index is 3.43. The summed E-state index contributed by atoms with van der Waals surface area (Å²) in [6, 6.07) is 4.20. The topological polar surface area (TPSA) is 87.7 Å². The van der Waals surface area contributed by atoms with Crippen LogP contribution in [0.25, 0.3) is 0 Å². The lowest BCUT2D eigenvalue weighted by Crippen LogP contribution is -2.53. The Hall–Kier alpha value is -2.83. The average Bonchev–Trinajstić information content (AvgIpc) is 2.73. The van der Waals surface area contributed by atoms with Gasteiger partial charge in [0, 0.05) is 13.1 Å². The Morgan fingerprint density at radius 1 is 1.08 bits per heavy atom. The van der Waals surface area contributed by atoms with Gasteiger partial charge in [0.1, 0.15) is 17.7 Å². The van der Waals surface area contributed by atoms with Crippen LogP contribution in [-0.2, 0) is 14.3 Å². The van der Waals surface area contributed by atoms with Crippen LogP contribution in [0.5, 0.6) is 0 Å². The zero-order valence-electron chi connectivity index (χ0n) is 23.6. The molecular weight excluding hydrogens is 454 g/mol. The number of nitrogens with one attached hydrogen (secondary N) is 2. The van der Waals surface area contributed by atoms with Crippen molar-refractivity contribution in [3.8, 4) is 0 Å². The first kappa shape index (κ1) is 31.2. The number of aryl methyl sites for hydroxylation is 2. The predicted octanol–water partition coefficient (Wildman–Crippen LogP) is 5.60. The fourth-order valence-corrected chi connectivity index (χ4v) is 4.13. The summed E-state index contributed by atoms with van der Waals surface area (Å²) >= 11 is 0. The number of unbranched alkanes of at least 4 members (excludes halogenated alkanes) is 2. The molecule has 202 valence electrons. The van der Waals surface area contributed by atoms with E-state index in [-0.39, 0.29) is 24.3 Å². The molecule has 0 aliphatic rings. The molecule has 0 saturated carbocycles. The Morgan fingerprint density at radius 2 is 1.69 bits per heavy atom. The molecular formula is C29H47N3O4. The summed E-state index contributed by atoms with van der Waals surface area (Å²) in [5.41, 5.74) is 2.04. The van der Waals surface area contributed by atoms with Crippen LogP contribution in [0.2, 0.25) is 0 Å². The first-order valence-electron chi connectivity index (χ1n) is 13.1. The second-order valence-electron chi connectivity index (χ2n) is 10.9. The van der Waals surface area contributed by atoms with Crippen LogP contribution < -0.4 is 10.6 Å². The number of benzene rings is 1. The molecule has 0 aliphatic heterocycles. The highest BCUT2D eigenvalue weighted by Crippen LogP contribution is 2.26. The maximum atomic E-state index is 14.0. The monoisotopic (exact) mass is 501 g/mol. The normalized spacial score (nSPS) is 13.0. The third kappa shape index (κ3) is 10.8. The molecule has 0 heterocycles. The predicted molar refractivity (Wildman–Crippen MR) is 146 cm³/mol. The van der Waals surface area contributed by atoms with Crippen LogP contribution in [0.3, 0.4) is 0 Å². The van der Waals surface area contributed by atoms with Gasteiger partial charge in [0.2, 0.25) is 11.8 Å². The number of hydrogen-bond donors (Lipinski definition) is 2. The molecule has 7 nitrogen and oxygen atoms in total. The van der Waals surface area contributed by atoms with Crippen molar-refractivity contribution >= 4 is 17.9 Å². The first-order valence-corrected chi connectivity index (χ1v) is 13.1. The number of hydrogen-bond acceptors (Lipinski definition) is 4. The largest absolute Gasteiger partial charge is 0.444 e. The Morgan fingerprint density at radius 3 is 2.19 bits per heavy atom. The average molecular weight is 502 g/mol. The number of carbonyl (C=O) groups is 3. The number of ether oxygens (including phenoxy) is 1. The quantitative estimate of drug-likeness (QED) is 0.272. The molecule has 7 heteroatoms. The van der Waals surface area contributed by atoms with E-state index in [0.29, 0.717) is 13.0 Å². The zero-order valence-corrected chi connectivity index (χ0v) is 23.6. The molecule has 1 aromatic rings. The third-order valence-electron chi connectivity index (χ3n) is 5.50. The van der Waals surface area contributed by atoms with Gasteiger partial charge in [0.15, 0.2) is 0 Å². The minimum absolute atomic E-state index is 0.127. The van der Waals surface area contributed by atoms with Crippen LogP contribution in [0.15, 0.2) is 30.9 Å². The van der Waals surface area contributed by atoms with Crippen LogP contribution in [0, 0.1) is 19.8 Å². The van der Waals surface area contributed by atoms with Crippen LogP contribution >= 0.6 is 0 Å². The number of rotatable bonds is 13. The summed E-state index contributed by atoms with van der Waals surface area (Å²) in [5.74, 6) is -0.462. The number of alkyl carbamates (subject to hydrolysis) is 1. The summed E-state index contributed by atoms with van der Waals surface area (Å²) in [6.45, 7) is 19.9. The smallest absolute Gasteiger partial charge is 0.408 e. The molecule has 1 aromatic carbocycles. The van der Waals surface area contributed by atoms with Crippen LogP contribution in [0.1, 0.15) is 90.0 Å². The Kier molecular flexibility index (Phi) is 12.7. The van der Waals surface area contributed by atoms with Crippen molar-refractivity contribution in [1.82, 2.24) is 15.5 Å². The van der Waals surface area contributed by atoms with E-state index in [4.69, 9.17) is 4.74 Å². The van der Waals surface area contributed by atoms with E-state index < -0.39 is 23.8 Å². The first-order chi connectivity index (χ1) is 16.8. The molecule has 0 fully saturated rings. The maximum Gasteiger partial charge on any atom is 0.408 e. The standard InChI is InChI=1S/C29H47N3O4/c1-10-12-13-14-30-26(33)25(23-18-21(5)17-22(6)19-23)32(15-11-2)27(34)24(16-20(3)4)31-28(35)36-29(7,8)9/h11,17-20,24-25H,2,10,12-16H2,1,3-9H3,(H,30,33)(H,31,35). The van der Waals surface area contributed by atoms with Gasteiger partial charge in [0.05, 0.1) is 0 Å². The second kappa shape index (κ2) is 14.7. The molecule has 2 N–H and O–H groups in total. The molecule has 36 heavy (non-hydrogen) atoms. The van der Waals surface area contributed by atoms with Crippen LogP contribution in [0.4, 0.5) is 4.79 Å². The molecule has 0 bridgehead atoms. The summed E-state index contributed by atoms with van der Waals surface area (Å²) in [7, 11) is 0. The van der Waals surface area contributed by atoms with Gasteiger partial charge in [-0.15, -0.1) is 6.58 Å². The minimum Gasteiger partial charge on any atom is -0.444 e. The molecule has 2 unspecified atom stereocenters. The maximum absolute atomic E-state index is 14.0. The van der Waals surface area contributed by atoms with Gasteiger partial charge >= 0.3 is 6.09 Å². The van der Waals surface area contributed by atoms with E-state index in [1.54, 1.807) is 26.8 Å². The van der Waals surface area contributed by atoms with E-state index >= 15 is 0 Å². The summed E-state index contributed by atoms with van der Waals surface area (Å²) in [4.78, 5) is 41.6. The molecule has 0 aliphatic carbocycles. The van der Waals surface area contributed by atoms with Gasteiger partial charge in [-0.1, -0.05) is 69.0 Å². The van der Waals surface area contributed by atoms with Gasteiger partial charge < -0.3 is 20.3 Å². The van der Waals surface area contributed by atoms with Gasteiger partial charge in [0.25, 0.3) is 0 Å². The fraction of sp³-hybridized carbons (Fsp3) is 0.621. The molecule has 3 amide bonds. The molecule has 0 saturated heterocycles. The SMILES string of the molecule is C=CCN(C(=O)C(CC(C)C)NC(=O)OC(C)(C)C)C(C(=O)NCCCCC)c1cc(C)cc(C)c1. The Bertz CT molecular complexity index is 869. The molecule has 0 radical (unpaired) electrons. The molecule has 1 rings (SSSR count). The summed E-state index contributed by atoms with van der Waals surface area (Å²) in [6.07, 6.45) is 4.28. The summed E-state index contributed by atoms with van der Waals surface area (Å²) < 4.78 is 5.42. The van der Waals surface area contributed by atoms with E-state index in [2.05, 4.69) is 24.1 Å². The highest BCUT2D eigenvalue weighted by Gasteiger charge is 2.36. The van der Waals surface area contributed by atoms with E-state index in [1.165, 1.54) is 4.90 Å². The van der Waals surface area contributed by atoms with E-state index in [9.17, 15) is 14.4 Å². The number of nitrogens with zero attached hydrogens (tertiary/aromatic N) is 1. The molecule has 0 aromatic heterocycles. The van der Waals surface area contributed by atoms with Crippen molar-refractivity contribution in [1.29, 1.82) is 0 Å². The zero-order chi connectivity index (χ0) is 27.5. The lowest BCUT2D eigenvalue weighted by atomic mass is 9.97. The second-order valence-corrected chi connectivity index (χ2v) is 10.9.